The summed E-state index contributed by atoms with van der Waals surface area (Å²) >= 11 is 0. The first kappa shape index (κ1) is 13.9. The Morgan fingerprint density at radius 2 is 2.00 bits per heavy atom. The van der Waals surface area contributed by atoms with Crippen molar-refractivity contribution >= 4 is 0 Å². The van der Waals surface area contributed by atoms with E-state index in [2.05, 4.69) is 44.5 Å². The SMILES string of the molecule is CC(C)CN1CC(CCN)N(C)CC1(C)C. The van der Waals surface area contributed by atoms with Gasteiger partial charge in [0.1, 0.15) is 0 Å². The van der Waals surface area contributed by atoms with Crippen LogP contribution in [0.5, 0.6) is 0 Å². The average molecular weight is 227 g/mol. The zero-order valence-corrected chi connectivity index (χ0v) is 11.7. The van der Waals surface area contributed by atoms with Gasteiger partial charge in [-0.05, 0) is 39.8 Å². The van der Waals surface area contributed by atoms with Crippen molar-refractivity contribution in [2.75, 3.05) is 33.2 Å². The highest BCUT2D eigenvalue weighted by Gasteiger charge is 2.36. The Balaban J connectivity index is 2.66. The van der Waals surface area contributed by atoms with E-state index in [9.17, 15) is 0 Å². The monoisotopic (exact) mass is 227 g/mol. The summed E-state index contributed by atoms with van der Waals surface area (Å²) in [6.07, 6.45) is 1.11. The first-order valence-electron chi connectivity index (χ1n) is 6.52. The highest BCUT2D eigenvalue weighted by Crippen LogP contribution is 2.25. The minimum atomic E-state index is 0.296. The molecule has 1 saturated heterocycles. The van der Waals surface area contributed by atoms with Gasteiger partial charge in [0.15, 0.2) is 0 Å². The molecule has 0 aromatic rings. The van der Waals surface area contributed by atoms with E-state index in [-0.39, 0.29) is 0 Å². The molecule has 3 nitrogen and oxygen atoms in total. The van der Waals surface area contributed by atoms with Crippen LogP contribution in [0.1, 0.15) is 34.1 Å². The molecule has 1 fully saturated rings. The van der Waals surface area contributed by atoms with Crippen molar-refractivity contribution < 1.29 is 0 Å². The van der Waals surface area contributed by atoms with Crippen LogP contribution in [-0.2, 0) is 0 Å². The molecule has 1 heterocycles. The molecule has 0 bridgehead atoms. The largest absolute Gasteiger partial charge is 0.330 e. The molecular weight excluding hydrogens is 198 g/mol. The second-order valence-electron chi connectivity index (χ2n) is 6.26. The zero-order valence-electron chi connectivity index (χ0n) is 11.7. The van der Waals surface area contributed by atoms with Gasteiger partial charge in [-0.1, -0.05) is 13.8 Å². The third kappa shape index (κ3) is 3.44. The normalized spacial score (nSPS) is 27.6. The second-order valence-corrected chi connectivity index (χ2v) is 6.26. The van der Waals surface area contributed by atoms with Crippen LogP contribution in [0.25, 0.3) is 0 Å². The van der Waals surface area contributed by atoms with Crippen molar-refractivity contribution in [3.8, 4) is 0 Å². The van der Waals surface area contributed by atoms with Crippen molar-refractivity contribution in [3.63, 3.8) is 0 Å². The van der Waals surface area contributed by atoms with E-state index in [4.69, 9.17) is 5.73 Å². The lowest BCUT2D eigenvalue weighted by Crippen LogP contribution is -2.63. The van der Waals surface area contributed by atoms with Gasteiger partial charge in [-0.3, -0.25) is 4.90 Å². The van der Waals surface area contributed by atoms with Crippen LogP contribution >= 0.6 is 0 Å². The summed E-state index contributed by atoms with van der Waals surface area (Å²) in [4.78, 5) is 5.11. The maximum Gasteiger partial charge on any atom is 0.0280 e. The molecule has 0 amide bonds. The lowest BCUT2D eigenvalue weighted by Gasteiger charge is -2.50. The fraction of sp³-hybridized carbons (Fsp3) is 1.00. The van der Waals surface area contributed by atoms with Gasteiger partial charge in [0.25, 0.3) is 0 Å². The molecule has 0 radical (unpaired) electrons. The van der Waals surface area contributed by atoms with Gasteiger partial charge in [0, 0.05) is 31.2 Å². The van der Waals surface area contributed by atoms with Gasteiger partial charge in [-0.25, -0.2) is 0 Å². The van der Waals surface area contributed by atoms with Crippen LogP contribution in [-0.4, -0.2) is 54.6 Å². The van der Waals surface area contributed by atoms with Crippen LogP contribution in [0, 0.1) is 5.92 Å². The lowest BCUT2D eigenvalue weighted by atomic mass is 9.93. The van der Waals surface area contributed by atoms with E-state index < -0.39 is 0 Å². The van der Waals surface area contributed by atoms with Gasteiger partial charge in [-0.2, -0.15) is 0 Å². The van der Waals surface area contributed by atoms with E-state index in [1.807, 2.05) is 0 Å². The van der Waals surface area contributed by atoms with E-state index in [1.165, 1.54) is 13.1 Å². The molecule has 0 aromatic carbocycles. The molecule has 1 aliphatic heterocycles. The summed E-state index contributed by atoms with van der Waals surface area (Å²) in [5.41, 5.74) is 5.99. The molecule has 0 spiro atoms. The Morgan fingerprint density at radius 1 is 1.38 bits per heavy atom. The van der Waals surface area contributed by atoms with Crippen LogP contribution in [0.15, 0.2) is 0 Å². The first-order chi connectivity index (χ1) is 7.36. The van der Waals surface area contributed by atoms with Crippen molar-refractivity contribution in [2.24, 2.45) is 11.7 Å². The van der Waals surface area contributed by atoms with E-state index in [0.717, 1.165) is 25.4 Å². The standard InChI is InChI=1S/C13H29N3/c1-11(2)8-16-9-12(6-7-14)15(5)10-13(16,3)4/h11-12H,6-10,14H2,1-5H3. The summed E-state index contributed by atoms with van der Waals surface area (Å²) in [6.45, 7) is 13.6. The average Bonchev–Trinajstić information content (AvgIpc) is 2.12. The number of likely N-dealkylation sites (N-methyl/N-ethyl adjacent to an activating group) is 1. The molecule has 0 aliphatic carbocycles. The molecule has 1 atom stereocenters. The fourth-order valence-electron chi connectivity index (χ4n) is 2.75. The van der Waals surface area contributed by atoms with E-state index in [0.29, 0.717) is 11.6 Å². The summed E-state index contributed by atoms with van der Waals surface area (Å²) in [7, 11) is 2.23. The van der Waals surface area contributed by atoms with Crippen molar-refractivity contribution in [2.45, 2.75) is 45.7 Å². The number of piperazine rings is 1. The quantitative estimate of drug-likeness (QED) is 0.788. The molecular formula is C13H29N3. The van der Waals surface area contributed by atoms with Gasteiger partial charge >= 0.3 is 0 Å². The fourth-order valence-corrected chi connectivity index (χ4v) is 2.75. The zero-order chi connectivity index (χ0) is 12.3. The number of hydrogen-bond acceptors (Lipinski definition) is 3. The maximum absolute atomic E-state index is 5.69. The van der Waals surface area contributed by atoms with Crippen LogP contribution in [0.2, 0.25) is 0 Å². The lowest BCUT2D eigenvalue weighted by molar-refractivity contribution is -0.0130. The van der Waals surface area contributed by atoms with Crippen molar-refractivity contribution in [3.05, 3.63) is 0 Å². The number of rotatable bonds is 4. The van der Waals surface area contributed by atoms with Crippen molar-refractivity contribution in [1.82, 2.24) is 9.80 Å². The second kappa shape index (κ2) is 5.48. The van der Waals surface area contributed by atoms with Crippen LogP contribution < -0.4 is 5.73 Å². The third-order valence-electron chi connectivity index (χ3n) is 3.63. The first-order valence-corrected chi connectivity index (χ1v) is 6.52. The third-order valence-corrected chi connectivity index (χ3v) is 3.63. The molecule has 1 rings (SSSR count). The molecule has 0 saturated carbocycles. The van der Waals surface area contributed by atoms with Gasteiger partial charge < -0.3 is 10.6 Å². The van der Waals surface area contributed by atoms with E-state index in [1.54, 1.807) is 0 Å². The molecule has 16 heavy (non-hydrogen) atoms. The summed E-state index contributed by atoms with van der Waals surface area (Å²) in [6, 6.07) is 0.636. The minimum absolute atomic E-state index is 0.296. The van der Waals surface area contributed by atoms with Crippen LogP contribution in [0.4, 0.5) is 0 Å². The maximum atomic E-state index is 5.69. The summed E-state index contributed by atoms with van der Waals surface area (Å²) in [5.74, 6) is 0.737. The summed E-state index contributed by atoms with van der Waals surface area (Å²) < 4.78 is 0. The molecule has 0 aromatic heterocycles. The smallest absolute Gasteiger partial charge is 0.0280 e. The topological polar surface area (TPSA) is 32.5 Å². The van der Waals surface area contributed by atoms with Gasteiger partial charge in [-0.15, -0.1) is 0 Å². The van der Waals surface area contributed by atoms with Crippen molar-refractivity contribution in [1.29, 1.82) is 0 Å². The Kier molecular flexibility index (Phi) is 4.77. The number of hydrogen-bond donors (Lipinski definition) is 1. The Bertz CT molecular complexity index is 213. The number of nitrogens with zero attached hydrogens (tertiary/aromatic N) is 2. The Morgan fingerprint density at radius 3 is 2.50 bits per heavy atom. The minimum Gasteiger partial charge on any atom is -0.330 e. The van der Waals surface area contributed by atoms with Gasteiger partial charge in [0.2, 0.25) is 0 Å². The molecule has 96 valence electrons. The van der Waals surface area contributed by atoms with Gasteiger partial charge in [0.05, 0.1) is 0 Å². The molecule has 1 aliphatic rings. The van der Waals surface area contributed by atoms with E-state index >= 15 is 0 Å². The Labute approximate surface area is 101 Å². The molecule has 2 N–H and O–H groups in total. The highest BCUT2D eigenvalue weighted by molar-refractivity contribution is 4.94. The Hall–Kier alpha value is -0.120. The molecule has 1 unspecified atom stereocenters. The summed E-state index contributed by atoms with van der Waals surface area (Å²) in [5, 5.41) is 0. The molecule has 3 heteroatoms. The van der Waals surface area contributed by atoms with Crippen LogP contribution in [0.3, 0.4) is 0 Å². The predicted octanol–water partition coefficient (Wildman–Crippen LogP) is 1.39. The number of nitrogens with two attached hydrogens (primary N) is 1. The predicted molar refractivity (Wildman–Crippen MR) is 70.6 cm³/mol. The highest BCUT2D eigenvalue weighted by atomic mass is 15.3.